The molecule has 1 heterocycles. The van der Waals surface area contributed by atoms with Gasteiger partial charge < -0.3 is 9.47 Å². The van der Waals surface area contributed by atoms with Gasteiger partial charge in [0.25, 0.3) is 0 Å². The van der Waals surface area contributed by atoms with Crippen molar-refractivity contribution in [1.82, 2.24) is 4.98 Å². The van der Waals surface area contributed by atoms with Gasteiger partial charge in [0, 0.05) is 13.5 Å². The fraction of sp³-hybridized carbons (Fsp3) is 0.643. The molecule has 5 nitrogen and oxygen atoms in total. The van der Waals surface area contributed by atoms with Gasteiger partial charge in [0.1, 0.15) is 16.0 Å². The Morgan fingerprint density at radius 2 is 1.90 bits per heavy atom. The van der Waals surface area contributed by atoms with E-state index in [0.29, 0.717) is 16.5 Å². The number of ketones is 1. The third kappa shape index (κ3) is 3.86. The molecule has 1 aromatic rings. The van der Waals surface area contributed by atoms with Crippen LogP contribution < -0.4 is 0 Å². The van der Waals surface area contributed by atoms with Crippen molar-refractivity contribution < 1.29 is 19.1 Å². The van der Waals surface area contributed by atoms with E-state index in [1.54, 1.807) is 6.92 Å². The highest BCUT2D eigenvalue weighted by atomic mass is 32.1. The number of thiazole rings is 1. The van der Waals surface area contributed by atoms with E-state index >= 15 is 0 Å². The quantitative estimate of drug-likeness (QED) is 0.571. The number of Topliss-reactive ketones (excluding diaryl/α,β-unsaturated/α-hetero) is 1. The van der Waals surface area contributed by atoms with Crippen molar-refractivity contribution in [2.75, 3.05) is 13.2 Å². The zero-order valence-corrected chi connectivity index (χ0v) is 13.4. The normalized spacial score (nSPS) is 12.5. The van der Waals surface area contributed by atoms with Crippen LogP contribution in [-0.4, -0.2) is 30.0 Å². The Morgan fingerprint density at radius 1 is 1.25 bits per heavy atom. The van der Waals surface area contributed by atoms with E-state index in [1.165, 1.54) is 18.3 Å². The minimum atomic E-state index is -0.556. The maximum atomic E-state index is 11.9. The SMILES string of the molecule is CCOC(=O)c1nc(C(OCC)C(C)C)sc1C(C)=O. The zero-order valence-electron chi connectivity index (χ0n) is 12.6. The summed E-state index contributed by atoms with van der Waals surface area (Å²) >= 11 is 1.21. The lowest BCUT2D eigenvalue weighted by atomic mass is 10.1. The highest BCUT2D eigenvalue weighted by Crippen LogP contribution is 2.32. The smallest absolute Gasteiger partial charge is 0.358 e. The van der Waals surface area contributed by atoms with E-state index < -0.39 is 5.97 Å². The lowest BCUT2D eigenvalue weighted by Gasteiger charge is -2.17. The molecule has 0 N–H and O–H groups in total. The number of rotatable bonds is 7. The van der Waals surface area contributed by atoms with Crippen LogP contribution in [0.4, 0.5) is 0 Å². The van der Waals surface area contributed by atoms with Crippen LogP contribution in [0, 0.1) is 5.92 Å². The van der Waals surface area contributed by atoms with Gasteiger partial charge in [-0.25, -0.2) is 9.78 Å². The van der Waals surface area contributed by atoms with Crippen LogP contribution >= 0.6 is 11.3 Å². The number of hydrogen-bond donors (Lipinski definition) is 0. The van der Waals surface area contributed by atoms with Crippen molar-refractivity contribution in [2.45, 2.75) is 40.7 Å². The summed E-state index contributed by atoms with van der Waals surface area (Å²) in [6.07, 6.45) is -0.216. The number of aromatic nitrogens is 1. The maximum absolute atomic E-state index is 11.9. The molecule has 0 fully saturated rings. The molecule has 112 valence electrons. The second-order valence-corrected chi connectivity index (χ2v) is 5.66. The fourth-order valence-corrected chi connectivity index (χ4v) is 2.94. The van der Waals surface area contributed by atoms with Gasteiger partial charge in [0.2, 0.25) is 0 Å². The van der Waals surface area contributed by atoms with Gasteiger partial charge in [0.05, 0.1) is 6.61 Å². The van der Waals surface area contributed by atoms with Gasteiger partial charge in [-0.05, 0) is 19.8 Å². The molecule has 1 atom stereocenters. The maximum Gasteiger partial charge on any atom is 0.358 e. The van der Waals surface area contributed by atoms with Gasteiger partial charge in [-0.3, -0.25) is 4.79 Å². The predicted molar refractivity (Wildman–Crippen MR) is 77.3 cm³/mol. The number of esters is 1. The average molecular weight is 299 g/mol. The largest absolute Gasteiger partial charge is 0.461 e. The number of carbonyl (C=O) groups is 2. The van der Waals surface area contributed by atoms with E-state index in [0.717, 1.165) is 0 Å². The molecule has 0 bridgehead atoms. The number of ether oxygens (including phenoxy) is 2. The molecule has 0 spiro atoms. The van der Waals surface area contributed by atoms with Gasteiger partial charge in [-0.15, -0.1) is 11.3 Å². The summed E-state index contributed by atoms with van der Waals surface area (Å²) in [7, 11) is 0. The molecule has 0 saturated carbocycles. The first-order chi connectivity index (χ1) is 9.42. The summed E-state index contributed by atoms with van der Waals surface area (Å²) in [5.74, 6) is -0.536. The Kier molecular flexibility index (Phi) is 6.29. The molecule has 0 aliphatic rings. The first-order valence-electron chi connectivity index (χ1n) is 6.72. The van der Waals surface area contributed by atoms with E-state index in [1.807, 2.05) is 20.8 Å². The number of nitrogens with zero attached hydrogens (tertiary/aromatic N) is 1. The Hall–Kier alpha value is -1.27. The molecule has 0 aliphatic carbocycles. The Bertz CT molecular complexity index is 482. The van der Waals surface area contributed by atoms with Crippen molar-refractivity contribution in [1.29, 1.82) is 0 Å². The fourth-order valence-electron chi connectivity index (χ4n) is 1.76. The van der Waals surface area contributed by atoms with E-state index in [2.05, 4.69) is 4.98 Å². The van der Waals surface area contributed by atoms with E-state index in [9.17, 15) is 9.59 Å². The van der Waals surface area contributed by atoms with Gasteiger partial charge in [-0.1, -0.05) is 13.8 Å². The average Bonchev–Trinajstić information content (AvgIpc) is 2.80. The molecule has 0 amide bonds. The predicted octanol–water partition coefficient (Wildman–Crippen LogP) is 3.26. The molecule has 6 heteroatoms. The zero-order chi connectivity index (χ0) is 15.3. The van der Waals surface area contributed by atoms with Crippen molar-refractivity contribution in [3.63, 3.8) is 0 Å². The second kappa shape index (κ2) is 7.50. The molecule has 20 heavy (non-hydrogen) atoms. The molecule has 1 unspecified atom stereocenters. The Balaban J connectivity index is 3.19. The van der Waals surface area contributed by atoms with Crippen LogP contribution in [0.1, 0.15) is 65.9 Å². The standard InChI is InChI=1S/C14H21NO4S/c1-6-18-11(8(3)4)13-15-10(14(17)19-7-2)12(20-13)9(5)16/h8,11H,6-7H2,1-5H3. The van der Waals surface area contributed by atoms with Crippen LogP contribution in [0.25, 0.3) is 0 Å². The van der Waals surface area contributed by atoms with Gasteiger partial charge in [0.15, 0.2) is 11.5 Å². The van der Waals surface area contributed by atoms with Crippen LogP contribution in [-0.2, 0) is 9.47 Å². The van der Waals surface area contributed by atoms with Crippen molar-refractivity contribution in [3.05, 3.63) is 15.6 Å². The third-order valence-corrected chi connectivity index (χ3v) is 3.85. The summed E-state index contributed by atoms with van der Waals surface area (Å²) in [5, 5.41) is 0.648. The molecule has 1 aromatic heterocycles. The van der Waals surface area contributed by atoms with Gasteiger partial charge in [-0.2, -0.15) is 0 Å². The van der Waals surface area contributed by atoms with Crippen molar-refractivity contribution in [2.24, 2.45) is 5.92 Å². The van der Waals surface area contributed by atoms with Crippen molar-refractivity contribution >= 4 is 23.1 Å². The molecular weight excluding hydrogens is 278 g/mol. The summed E-state index contributed by atoms with van der Waals surface area (Å²) in [6.45, 7) is 9.87. The number of carbonyl (C=O) groups excluding carboxylic acids is 2. The second-order valence-electron chi connectivity index (χ2n) is 4.63. The molecule has 0 aromatic carbocycles. The van der Waals surface area contributed by atoms with Crippen LogP contribution in [0.15, 0.2) is 0 Å². The van der Waals surface area contributed by atoms with Gasteiger partial charge >= 0.3 is 5.97 Å². The lowest BCUT2D eigenvalue weighted by Crippen LogP contribution is -2.12. The highest BCUT2D eigenvalue weighted by molar-refractivity contribution is 7.14. The molecular formula is C14H21NO4S. The minimum Gasteiger partial charge on any atom is -0.461 e. The lowest BCUT2D eigenvalue weighted by molar-refractivity contribution is 0.0289. The molecule has 0 saturated heterocycles. The summed E-state index contributed by atoms with van der Waals surface area (Å²) < 4.78 is 10.6. The minimum absolute atomic E-state index is 0.102. The summed E-state index contributed by atoms with van der Waals surface area (Å²) in [6, 6.07) is 0. The third-order valence-electron chi connectivity index (χ3n) is 2.63. The first-order valence-corrected chi connectivity index (χ1v) is 7.54. The molecule has 0 aliphatic heterocycles. The summed E-state index contributed by atoms with van der Waals surface area (Å²) in [4.78, 5) is 28.1. The Labute approximate surface area is 123 Å². The molecule has 0 radical (unpaired) electrons. The van der Waals surface area contributed by atoms with E-state index in [-0.39, 0.29) is 30.1 Å². The number of hydrogen-bond acceptors (Lipinski definition) is 6. The van der Waals surface area contributed by atoms with Crippen LogP contribution in [0.3, 0.4) is 0 Å². The molecule has 1 rings (SSSR count). The van der Waals surface area contributed by atoms with Crippen LogP contribution in [0.2, 0.25) is 0 Å². The topological polar surface area (TPSA) is 65.5 Å². The summed E-state index contributed by atoms with van der Waals surface area (Å²) in [5.41, 5.74) is 0.102. The highest BCUT2D eigenvalue weighted by Gasteiger charge is 2.27. The monoisotopic (exact) mass is 299 g/mol. The Morgan fingerprint density at radius 3 is 2.35 bits per heavy atom. The first kappa shape index (κ1) is 16.8. The van der Waals surface area contributed by atoms with Crippen LogP contribution in [0.5, 0.6) is 0 Å². The van der Waals surface area contributed by atoms with Crippen molar-refractivity contribution in [3.8, 4) is 0 Å². The van der Waals surface area contributed by atoms with E-state index in [4.69, 9.17) is 9.47 Å².